The van der Waals surface area contributed by atoms with Crippen LogP contribution in [0.5, 0.6) is 0 Å². The maximum absolute atomic E-state index is 12.3. The van der Waals surface area contributed by atoms with E-state index in [4.69, 9.17) is 0 Å². The number of hydrogen-bond acceptors (Lipinski definition) is 4. The molecule has 0 bridgehead atoms. The zero-order valence-corrected chi connectivity index (χ0v) is 15.1. The van der Waals surface area contributed by atoms with E-state index < -0.39 is 0 Å². The molecule has 28 heavy (non-hydrogen) atoms. The van der Waals surface area contributed by atoms with Crippen LogP contribution in [0.1, 0.15) is 5.56 Å². The lowest BCUT2D eigenvalue weighted by Gasteiger charge is -2.07. The summed E-state index contributed by atoms with van der Waals surface area (Å²) in [4.78, 5) is 16.8. The topological polar surface area (TPSA) is 67.8 Å². The summed E-state index contributed by atoms with van der Waals surface area (Å²) in [5.74, 6) is -0.0763. The number of pyridine rings is 1. The SMILES string of the molecule is O=C(Cc1ccc(-c2ccnnc2)cc1)Nc1ccc(-c2ccccc2)nc1. The first-order valence-corrected chi connectivity index (χ1v) is 8.95. The Bertz CT molecular complexity index is 960. The van der Waals surface area contributed by atoms with E-state index in [-0.39, 0.29) is 5.91 Å². The van der Waals surface area contributed by atoms with E-state index in [1.54, 1.807) is 18.6 Å². The molecule has 2 aromatic heterocycles. The highest BCUT2D eigenvalue weighted by molar-refractivity contribution is 5.92. The molecule has 0 aliphatic rings. The van der Waals surface area contributed by atoms with E-state index in [0.29, 0.717) is 12.1 Å². The van der Waals surface area contributed by atoms with Crippen molar-refractivity contribution in [2.24, 2.45) is 0 Å². The van der Waals surface area contributed by atoms with E-state index in [0.717, 1.165) is 27.9 Å². The number of anilines is 1. The Hall–Kier alpha value is -3.86. The average molecular weight is 366 g/mol. The zero-order chi connectivity index (χ0) is 19.2. The monoisotopic (exact) mass is 366 g/mol. The second-order valence-electron chi connectivity index (χ2n) is 6.35. The molecule has 2 heterocycles. The van der Waals surface area contributed by atoms with Gasteiger partial charge in [0.25, 0.3) is 0 Å². The van der Waals surface area contributed by atoms with Crippen molar-refractivity contribution in [1.29, 1.82) is 0 Å². The smallest absolute Gasteiger partial charge is 0.228 e. The van der Waals surface area contributed by atoms with E-state index in [2.05, 4.69) is 20.5 Å². The molecule has 0 radical (unpaired) electrons. The molecule has 4 aromatic rings. The standard InChI is InChI=1S/C23H18N4O/c28-23(14-17-6-8-18(9-7-17)20-12-13-25-26-15-20)27-21-10-11-22(24-16-21)19-4-2-1-3-5-19/h1-13,15-16H,14H2,(H,27,28). The number of carbonyl (C=O) groups excluding carboxylic acids is 1. The minimum atomic E-state index is -0.0763. The van der Waals surface area contributed by atoms with Gasteiger partial charge in [0.05, 0.1) is 36.4 Å². The van der Waals surface area contributed by atoms with Gasteiger partial charge < -0.3 is 5.32 Å². The number of nitrogens with one attached hydrogen (secondary N) is 1. The third kappa shape index (κ3) is 4.27. The van der Waals surface area contributed by atoms with Gasteiger partial charge in [-0.25, -0.2) is 0 Å². The van der Waals surface area contributed by atoms with Gasteiger partial charge in [0.15, 0.2) is 0 Å². The van der Waals surface area contributed by atoms with E-state index in [1.165, 1.54) is 0 Å². The van der Waals surface area contributed by atoms with Crippen LogP contribution in [-0.4, -0.2) is 21.1 Å². The largest absolute Gasteiger partial charge is 0.324 e. The molecule has 5 nitrogen and oxygen atoms in total. The number of nitrogens with zero attached hydrogens (tertiary/aromatic N) is 3. The van der Waals surface area contributed by atoms with Gasteiger partial charge in [-0.3, -0.25) is 9.78 Å². The van der Waals surface area contributed by atoms with E-state index in [9.17, 15) is 4.79 Å². The Morgan fingerprint density at radius 2 is 1.57 bits per heavy atom. The normalized spacial score (nSPS) is 10.4. The van der Waals surface area contributed by atoms with Gasteiger partial charge in [-0.2, -0.15) is 10.2 Å². The number of rotatable bonds is 5. The number of amides is 1. The molecule has 5 heteroatoms. The van der Waals surface area contributed by atoms with Gasteiger partial charge in [0.1, 0.15) is 0 Å². The van der Waals surface area contributed by atoms with Crippen LogP contribution >= 0.6 is 0 Å². The third-order valence-corrected chi connectivity index (χ3v) is 4.35. The van der Waals surface area contributed by atoms with Crippen LogP contribution in [0.15, 0.2) is 91.4 Å². The number of benzene rings is 2. The van der Waals surface area contributed by atoms with Crippen molar-refractivity contribution < 1.29 is 4.79 Å². The summed E-state index contributed by atoms with van der Waals surface area (Å²) in [6, 6.07) is 23.5. The summed E-state index contributed by atoms with van der Waals surface area (Å²) in [5, 5.41) is 10.6. The molecule has 0 saturated heterocycles. The maximum Gasteiger partial charge on any atom is 0.228 e. The maximum atomic E-state index is 12.3. The molecule has 0 fully saturated rings. The fourth-order valence-corrected chi connectivity index (χ4v) is 2.91. The van der Waals surface area contributed by atoms with E-state index >= 15 is 0 Å². The molecular formula is C23H18N4O. The van der Waals surface area contributed by atoms with Crippen molar-refractivity contribution in [2.75, 3.05) is 5.32 Å². The lowest BCUT2D eigenvalue weighted by atomic mass is 10.0. The first-order chi connectivity index (χ1) is 13.8. The molecule has 1 amide bonds. The van der Waals surface area contributed by atoms with Crippen molar-refractivity contribution in [3.63, 3.8) is 0 Å². The van der Waals surface area contributed by atoms with Crippen LogP contribution in [0.2, 0.25) is 0 Å². The summed E-state index contributed by atoms with van der Waals surface area (Å²) < 4.78 is 0. The average Bonchev–Trinajstić information content (AvgIpc) is 2.76. The van der Waals surface area contributed by atoms with Crippen LogP contribution in [0, 0.1) is 0 Å². The second-order valence-corrected chi connectivity index (χ2v) is 6.35. The molecule has 0 atom stereocenters. The van der Waals surface area contributed by atoms with Crippen LogP contribution < -0.4 is 5.32 Å². The minimum Gasteiger partial charge on any atom is -0.324 e. The second kappa shape index (κ2) is 8.22. The minimum absolute atomic E-state index is 0.0763. The molecule has 0 saturated carbocycles. The Morgan fingerprint density at radius 1 is 0.750 bits per heavy atom. The quantitative estimate of drug-likeness (QED) is 0.569. The molecule has 0 spiro atoms. The molecule has 0 aliphatic heterocycles. The highest BCUT2D eigenvalue weighted by atomic mass is 16.1. The fraction of sp³-hybridized carbons (Fsp3) is 0.0435. The first kappa shape index (κ1) is 17.5. The predicted molar refractivity (Wildman–Crippen MR) is 109 cm³/mol. The summed E-state index contributed by atoms with van der Waals surface area (Å²) >= 11 is 0. The summed E-state index contributed by atoms with van der Waals surface area (Å²) in [6.45, 7) is 0. The highest BCUT2D eigenvalue weighted by Gasteiger charge is 2.06. The highest BCUT2D eigenvalue weighted by Crippen LogP contribution is 2.19. The molecule has 4 rings (SSSR count). The van der Waals surface area contributed by atoms with Crippen LogP contribution in [0.3, 0.4) is 0 Å². The molecule has 136 valence electrons. The first-order valence-electron chi connectivity index (χ1n) is 8.95. The van der Waals surface area contributed by atoms with Gasteiger partial charge in [0.2, 0.25) is 5.91 Å². The predicted octanol–water partition coefficient (Wildman–Crippen LogP) is 4.39. The number of aromatic nitrogens is 3. The lowest BCUT2D eigenvalue weighted by Crippen LogP contribution is -2.14. The Morgan fingerprint density at radius 3 is 2.25 bits per heavy atom. The van der Waals surface area contributed by atoms with Gasteiger partial charge in [-0.15, -0.1) is 0 Å². The number of hydrogen-bond donors (Lipinski definition) is 1. The van der Waals surface area contributed by atoms with Crippen molar-refractivity contribution in [1.82, 2.24) is 15.2 Å². The molecular weight excluding hydrogens is 348 g/mol. The van der Waals surface area contributed by atoms with Crippen LogP contribution in [0.4, 0.5) is 5.69 Å². The van der Waals surface area contributed by atoms with Gasteiger partial charge in [-0.1, -0.05) is 54.6 Å². The fourth-order valence-electron chi connectivity index (χ4n) is 2.91. The van der Waals surface area contributed by atoms with Crippen LogP contribution in [0.25, 0.3) is 22.4 Å². The third-order valence-electron chi connectivity index (χ3n) is 4.35. The zero-order valence-electron chi connectivity index (χ0n) is 15.1. The van der Waals surface area contributed by atoms with Crippen LogP contribution in [-0.2, 0) is 11.2 Å². The summed E-state index contributed by atoms with van der Waals surface area (Å²) in [5.41, 5.74) is 5.58. The van der Waals surface area contributed by atoms with Crippen molar-refractivity contribution in [3.05, 3.63) is 97.0 Å². The molecule has 0 unspecified atom stereocenters. The molecule has 1 N–H and O–H groups in total. The molecule has 2 aromatic carbocycles. The van der Waals surface area contributed by atoms with Gasteiger partial charge in [-0.05, 0) is 29.3 Å². The van der Waals surface area contributed by atoms with Gasteiger partial charge in [0, 0.05) is 11.1 Å². The number of carbonyl (C=O) groups is 1. The Balaban J connectivity index is 1.38. The van der Waals surface area contributed by atoms with E-state index in [1.807, 2.05) is 72.8 Å². The van der Waals surface area contributed by atoms with Gasteiger partial charge >= 0.3 is 0 Å². The Kier molecular flexibility index (Phi) is 5.15. The Labute approximate surface area is 163 Å². The summed E-state index contributed by atoms with van der Waals surface area (Å²) in [7, 11) is 0. The summed E-state index contributed by atoms with van der Waals surface area (Å²) in [6.07, 6.45) is 5.36. The van der Waals surface area contributed by atoms with Crippen molar-refractivity contribution in [2.45, 2.75) is 6.42 Å². The van der Waals surface area contributed by atoms with Crippen molar-refractivity contribution in [3.8, 4) is 22.4 Å². The van der Waals surface area contributed by atoms with Crippen molar-refractivity contribution >= 4 is 11.6 Å². The lowest BCUT2D eigenvalue weighted by molar-refractivity contribution is -0.115. The molecule has 0 aliphatic carbocycles.